The smallest absolute Gasteiger partial charge is 0.217 e. The van der Waals surface area contributed by atoms with E-state index in [1.807, 2.05) is 5.98 Å². The maximum atomic E-state index is 5.00. The molecule has 1 aliphatic rings. The second kappa shape index (κ2) is 2.34. The van der Waals surface area contributed by atoms with Crippen molar-refractivity contribution in [3.05, 3.63) is 0 Å². The third-order valence-corrected chi connectivity index (χ3v) is 7.79. The zero-order chi connectivity index (χ0) is 4.41. The van der Waals surface area contributed by atoms with Crippen LogP contribution in [0, 0.1) is 0 Å². The first-order chi connectivity index (χ1) is 2.89. The Morgan fingerprint density at radius 1 is 1.83 bits per heavy atom. The quantitative estimate of drug-likeness (QED) is 0.466. The van der Waals surface area contributed by atoms with Gasteiger partial charge in [0.1, 0.15) is 13.9 Å². The van der Waals surface area contributed by atoms with Crippen LogP contribution in [-0.2, 0) is 4.52 Å². The molecule has 34 valence electrons. The second-order valence-electron chi connectivity index (χ2n) is 1.05. The summed E-state index contributed by atoms with van der Waals surface area (Å²) in [5.74, 6) is 1.99. The van der Waals surface area contributed by atoms with E-state index in [0.717, 1.165) is 16.5 Å². The molecule has 0 aliphatic carbocycles. The number of hydrogen-bond donors (Lipinski definition) is 0. The molecule has 0 spiro atoms. The van der Waals surface area contributed by atoms with Crippen molar-refractivity contribution in [1.29, 1.82) is 0 Å². The molecular formula is C2H6OP3+. The van der Waals surface area contributed by atoms with Crippen molar-refractivity contribution in [2.45, 2.75) is 0 Å². The lowest BCUT2D eigenvalue weighted by Gasteiger charge is -1.67. The van der Waals surface area contributed by atoms with Gasteiger partial charge in [0.25, 0.3) is 0 Å². The fourth-order valence-corrected chi connectivity index (χ4v) is 5.26. The molecule has 0 fully saturated rings. The lowest BCUT2D eigenvalue weighted by atomic mass is 11.7. The molecule has 0 amide bonds. The van der Waals surface area contributed by atoms with E-state index in [1.165, 1.54) is 0 Å². The van der Waals surface area contributed by atoms with Crippen LogP contribution in [0.2, 0.25) is 0 Å². The van der Waals surface area contributed by atoms with Gasteiger partial charge in [0.2, 0.25) is 5.98 Å². The average molecular weight is 139 g/mol. The molecule has 1 aliphatic heterocycles. The van der Waals surface area contributed by atoms with Crippen molar-refractivity contribution in [2.24, 2.45) is 0 Å². The summed E-state index contributed by atoms with van der Waals surface area (Å²) in [5, 5.41) is 0. The van der Waals surface area contributed by atoms with Gasteiger partial charge < -0.3 is 0 Å². The molecule has 1 heterocycles. The van der Waals surface area contributed by atoms with Gasteiger partial charge in [0.15, 0.2) is 7.96 Å². The maximum absolute atomic E-state index is 5.00. The maximum Gasteiger partial charge on any atom is 0.217 e. The van der Waals surface area contributed by atoms with Gasteiger partial charge in [-0.05, 0) is 0 Å². The van der Waals surface area contributed by atoms with Gasteiger partial charge in [-0.15, -0.1) is 0 Å². The van der Waals surface area contributed by atoms with Crippen LogP contribution in [0.15, 0.2) is 0 Å². The van der Waals surface area contributed by atoms with E-state index in [0.29, 0.717) is 0 Å². The fourth-order valence-electron chi connectivity index (χ4n) is 0.230. The highest BCUT2D eigenvalue weighted by Crippen LogP contribution is 2.61. The summed E-state index contributed by atoms with van der Waals surface area (Å²) in [6.45, 7) is 2.24. The molecule has 3 unspecified atom stereocenters. The number of rotatable bonds is 0. The highest BCUT2D eigenvalue weighted by atomic mass is 32.4. The lowest BCUT2D eigenvalue weighted by Crippen LogP contribution is -1.53. The lowest BCUT2D eigenvalue weighted by molar-refractivity contribution is 0.686. The molecule has 0 aromatic carbocycles. The van der Waals surface area contributed by atoms with Crippen LogP contribution < -0.4 is 0 Å². The highest BCUT2D eigenvalue weighted by molar-refractivity contribution is 8.48. The first-order valence-electron chi connectivity index (χ1n) is 1.62. The standard InChI is InChI=1S/C2H6OP3/c1-6-2-3-4-5-6/h2,4-5H,1H3/q+1. The van der Waals surface area contributed by atoms with Gasteiger partial charge >= 0.3 is 0 Å². The van der Waals surface area contributed by atoms with Gasteiger partial charge in [-0.25, -0.2) is 0 Å². The minimum atomic E-state index is 0.228. The van der Waals surface area contributed by atoms with E-state index in [4.69, 9.17) is 4.52 Å². The molecule has 0 aromatic heterocycles. The summed E-state index contributed by atoms with van der Waals surface area (Å²) < 4.78 is 5.00. The SMILES string of the molecule is C[P+]1=COPP1. The Bertz CT molecular complexity index is 78.9. The summed E-state index contributed by atoms with van der Waals surface area (Å²) >= 11 is 0. The topological polar surface area (TPSA) is 9.23 Å². The third kappa shape index (κ3) is 1.24. The van der Waals surface area contributed by atoms with E-state index in [2.05, 4.69) is 6.66 Å². The van der Waals surface area contributed by atoms with Crippen molar-refractivity contribution in [3.8, 4) is 0 Å². The minimum absolute atomic E-state index is 0.228. The summed E-state index contributed by atoms with van der Waals surface area (Å²) in [4.78, 5) is 0. The van der Waals surface area contributed by atoms with Crippen LogP contribution >= 0.6 is 23.7 Å². The van der Waals surface area contributed by atoms with Crippen molar-refractivity contribution >= 4 is 29.7 Å². The fraction of sp³-hybridized carbons (Fsp3) is 0.500. The van der Waals surface area contributed by atoms with Crippen LogP contribution in [0.3, 0.4) is 0 Å². The first kappa shape index (κ1) is 5.13. The molecule has 4 heteroatoms. The van der Waals surface area contributed by atoms with Crippen LogP contribution in [-0.4, -0.2) is 12.6 Å². The Hall–Kier alpha value is 0.990. The summed E-state index contributed by atoms with van der Waals surface area (Å²) in [6.07, 6.45) is 0. The number of hydrogen-bond acceptors (Lipinski definition) is 1. The van der Waals surface area contributed by atoms with Crippen molar-refractivity contribution in [3.63, 3.8) is 0 Å². The van der Waals surface area contributed by atoms with Crippen LogP contribution in [0.1, 0.15) is 0 Å². The molecular weight excluding hydrogens is 133 g/mol. The Morgan fingerprint density at radius 2 is 2.67 bits per heavy atom. The monoisotopic (exact) mass is 139 g/mol. The molecule has 0 saturated carbocycles. The van der Waals surface area contributed by atoms with E-state index in [-0.39, 0.29) is 7.23 Å². The minimum Gasteiger partial charge on any atom is -0.288 e. The normalized spacial score (nSPS) is 35.2. The molecule has 0 N–H and O–H groups in total. The molecule has 1 rings (SSSR count). The average Bonchev–Trinajstić information content (AvgIpc) is 1.86. The zero-order valence-corrected chi connectivity index (χ0v) is 6.33. The Labute approximate surface area is 41.7 Å². The van der Waals surface area contributed by atoms with Gasteiger partial charge in [0.05, 0.1) is 8.50 Å². The van der Waals surface area contributed by atoms with Crippen molar-refractivity contribution in [1.82, 2.24) is 0 Å². The van der Waals surface area contributed by atoms with Gasteiger partial charge in [0, 0.05) is 0 Å². The van der Waals surface area contributed by atoms with E-state index in [1.54, 1.807) is 0 Å². The van der Waals surface area contributed by atoms with E-state index in [9.17, 15) is 0 Å². The van der Waals surface area contributed by atoms with Crippen LogP contribution in [0.4, 0.5) is 0 Å². The predicted octanol–water partition coefficient (Wildman–Crippen LogP) is 1.99. The summed E-state index contributed by atoms with van der Waals surface area (Å²) in [7, 11) is 2.12. The first-order valence-corrected chi connectivity index (χ1v) is 7.23. The third-order valence-electron chi connectivity index (χ3n) is 0.492. The molecule has 0 bridgehead atoms. The van der Waals surface area contributed by atoms with Gasteiger partial charge in [-0.2, -0.15) is 0 Å². The predicted molar refractivity (Wildman–Crippen MR) is 36.6 cm³/mol. The largest absolute Gasteiger partial charge is 0.288 e. The van der Waals surface area contributed by atoms with Crippen LogP contribution in [0.25, 0.3) is 0 Å². The molecule has 0 aromatic rings. The summed E-state index contributed by atoms with van der Waals surface area (Å²) in [6, 6.07) is 0. The van der Waals surface area contributed by atoms with Crippen molar-refractivity contribution < 1.29 is 4.52 Å². The van der Waals surface area contributed by atoms with Gasteiger partial charge in [-0.3, -0.25) is 4.52 Å². The second-order valence-corrected chi connectivity index (χ2v) is 8.56. The molecule has 3 atom stereocenters. The highest BCUT2D eigenvalue weighted by Gasteiger charge is 2.08. The Balaban J connectivity index is 2.45. The Kier molecular flexibility index (Phi) is 2.00. The zero-order valence-electron chi connectivity index (χ0n) is 3.43. The van der Waals surface area contributed by atoms with Crippen LogP contribution in [0.5, 0.6) is 0 Å². The molecule has 1 nitrogen and oxygen atoms in total. The molecule has 0 radical (unpaired) electrons. The molecule has 0 saturated heterocycles. The van der Waals surface area contributed by atoms with Crippen molar-refractivity contribution in [2.75, 3.05) is 6.66 Å². The van der Waals surface area contributed by atoms with E-state index < -0.39 is 0 Å². The Morgan fingerprint density at radius 3 is 2.83 bits per heavy atom. The van der Waals surface area contributed by atoms with Gasteiger partial charge in [-0.1, -0.05) is 0 Å². The summed E-state index contributed by atoms with van der Waals surface area (Å²) in [5.41, 5.74) is 0. The molecule has 6 heavy (non-hydrogen) atoms. The van der Waals surface area contributed by atoms with E-state index >= 15 is 0 Å².